The van der Waals surface area contributed by atoms with Gasteiger partial charge in [-0.25, -0.2) is 0 Å². The van der Waals surface area contributed by atoms with Crippen molar-refractivity contribution in [2.24, 2.45) is 16.2 Å². The summed E-state index contributed by atoms with van der Waals surface area (Å²) in [6, 6.07) is 6.96. The number of oxime groups is 2. The van der Waals surface area contributed by atoms with Gasteiger partial charge in [0.15, 0.2) is 11.5 Å². The fourth-order valence-electron chi connectivity index (χ4n) is 2.25. The summed E-state index contributed by atoms with van der Waals surface area (Å²) < 4.78 is 5.67. The molecule has 0 radical (unpaired) electrons. The first-order valence-corrected chi connectivity index (χ1v) is 8.19. The molecule has 3 N–H and O–H groups in total. The third kappa shape index (κ3) is 5.71. The molecular formula is C18H26N4O5. The molecule has 0 aromatic heterocycles. The standard InChI is InChI=1S/C18H26N4O5/c1-11(2)26-18(22-25-6)12(3)16(27-19)14-10-8-7-9-13(14)15(21-24-5)17(23)20-4/h7-11H,19H2,1-6H3,(H,20,23)/b16-12?,21-15?,22-18+. The van der Waals surface area contributed by atoms with Crippen LogP contribution in [0.15, 0.2) is 40.1 Å². The maximum atomic E-state index is 12.2. The summed E-state index contributed by atoms with van der Waals surface area (Å²) in [7, 11) is 4.26. The van der Waals surface area contributed by atoms with Crippen molar-refractivity contribution >= 4 is 23.3 Å². The van der Waals surface area contributed by atoms with Crippen LogP contribution in [0.25, 0.3) is 5.76 Å². The number of benzene rings is 1. The molecule has 0 atom stereocenters. The van der Waals surface area contributed by atoms with E-state index in [0.717, 1.165) is 0 Å². The Morgan fingerprint density at radius 1 is 1.11 bits per heavy atom. The first kappa shape index (κ1) is 22.0. The van der Waals surface area contributed by atoms with E-state index in [1.165, 1.54) is 21.3 Å². The maximum Gasteiger partial charge on any atom is 0.273 e. The predicted molar refractivity (Wildman–Crippen MR) is 103 cm³/mol. The van der Waals surface area contributed by atoms with E-state index >= 15 is 0 Å². The molecular weight excluding hydrogens is 352 g/mol. The van der Waals surface area contributed by atoms with Crippen LogP contribution in [0, 0.1) is 0 Å². The highest BCUT2D eigenvalue weighted by Crippen LogP contribution is 2.25. The van der Waals surface area contributed by atoms with Crippen LogP contribution >= 0.6 is 0 Å². The highest BCUT2D eigenvalue weighted by molar-refractivity contribution is 6.45. The third-order valence-corrected chi connectivity index (χ3v) is 3.35. The largest absolute Gasteiger partial charge is 0.473 e. The molecule has 9 heteroatoms. The molecule has 0 aliphatic rings. The quantitative estimate of drug-likeness (QED) is 0.308. The molecule has 0 aliphatic heterocycles. The van der Waals surface area contributed by atoms with Crippen LogP contribution in [0.1, 0.15) is 31.9 Å². The minimum atomic E-state index is -0.428. The van der Waals surface area contributed by atoms with E-state index in [1.807, 2.05) is 13.8 Å². The monoisotopic (exact) mass is 378 g/mol. The van der Waals surface area contributed by atoms with E-state index in [0.29, 0.717) is 16.7 Å². The number of carbonyl (C=O) groups excluding carboxylic acids is 1. The number of ether oxygens (including phenoxy) is 1. The lowest BCUT2D eigenvalue weighted by Crippen LogP contribution is -2.29. The minimum Gasteiger partial charge on any atom is -0.473 e. The highest BCUT2D eigenvalue weighted by Gasteiger charge is 2.23. The zero-order valence-electron chi connectivity index (χ0n) is 16.4. The lowest BCUT2D eigenvalue weighted by Gasteiger charge is -2.17. The van der Waals surface area contributed by atoms with Crippen molar-refractivity contribution in [1.29, 1.82) is 0 Å². The molecule has 0 spiro atoms. The molecule has 0 saturated carbocycles. The molecule has 0 aliphatic carbocycles. The molecule has 1 amide bonds. The zero-order chi connectivity index (χ0) is 20.4. The van der Waals surface area contributed by atoms with Crippen molar-refractivity contribution in [2.75, 3.05) is 21.3 Å². The average molecular weight is 378 g/mol. The summed E-state index contributed by atoms with van der Waals surface area (Å²) in [5, 5.41) is 10.2. The Bertz CT molecular complexity index is 741. The van der Waals surface area contributed by atoms with Gasteiger partial charge in [0.05, 0.1) is 11.7 Å². The normalized spacial score (nSPS) is 13.0. The number of nitrogens with one attached hydrogen (secondary N) is 1. The summed E-state index contributed by atoms with van der Waals surface area (Å²) in [4.78, 5) is 27.0. The number of carbonyl (C=O) groups is 1. The van der Waals surface area contributed by atoms with Gasteiger partial charge in [-0.2, -0.15) is 5.90 Å². The van der Waals surface area contributed by atoms with E-state index in [4.69, 9.17) is 25.1 Å². The van der Waals surface area contributed by atoms with Gasteiger partial charge in [-0.05, 0) is 25.9 Å². The van der Waals surface area contributed by atoms with E-state index in [9.17, 15) is 4.79 Å². The number of hydrogen-bond acceptors (Lipinski definition) is 8. The Balaban J connectivity index is 3.64. The van der Waals surface area contributed by atoms with Gasteiger partial charge in [0, 0.05) is 18.2 Å². The van der Waals surface area contributed by atoms with Crippen LogP contribution < -0.4 is 11.2 Å². The number of likely N-dealkylation sites (N-methyl/N-ethyl adjacent to an activating group) is 1. The second-order valence-corrected chi connectivity index (χ2v) is 5.56. The van der Waals surface area contributed by atoms with Gasteiger partial charge in [0.25, 0.3) is 11.8 Å². The SMILES string of the molecule is CNC(=O)C(=NOC)c1ccccc1C(ON)=C(C)/C(=N\OC)OC(C)C. The summed E-state index contributed by atoms with van der Waals surface area (Å²) in [6.07, 6.45) is -0.153. The van der Waals surface area contributed by atoms with Crippen molar-refractivity contribution in [3.8, 4) is 0 Å². The maximum absolute atomic E-state index is 12.2. The Hall–Kier alpha value is -3.07. The molecule has 0 bridgehead atoms. The van der Waals surface area contributed by atoms with Crippen LogP contribution in [0.2, 0.25) is 0 Å². The van der Waals surface area contributed by atoms with Crippen molar-refractivity contribution in [3.63, 3.8) is 0 Å². The second-order valence-electron chi connectivity index (χ2n) is 5.56. The molecule has 148 valence electrons. The summed E-state index contributed by atoms with van der Waals surface area (Å²) >= 11 is 0. The number of nitrogens with two attached hydrogens (primary N) is 1. The van der Waals surface area contributed by atoms with Crippen LogP contribution in [-0.4, -0.2) is 44.9 Å². The number of amides is 1. The Morgan fingerprint density at radius 2 is 1.70 bits per heavy atom. The van der Waals surface area contributed by atoms with Crippen LogP contribution in [-0.2, 0) is 24.0 Å². The summed E-state index contributed by atoms with van der Waals surface area (Å²) in [5.41, 5.74) is 1.51. The van der Waals surface area contributed by atoms with Crippen molar-refractivity contribution < 1.29 is 24.0 Å². The summed E-state index contributed by atoms with van der Waals surface area (Å²) in [5.74, 6) is 5.56. The Morgan fingerprint density at radius 3 is 2.19 bits per heavy atom. The molecule has 0 heterocycles. The van der Waals surface area contributed by atoms with Gasteiger partial charge in [-0.3, -0.25) is 4.79 Å². The van der Waals surface area contributed by atoms with Gasteiger partial charge < -0.3 is 24.6 Å². The first-order chi connectivity index (χ1) is 12.9. The first-order valence-electron chi connectivity index (χ1n) is 8.19. The van der Waals surface area contributed by atoms with E-state index < -0.39 is 5.91 Å². The van der Waals surface area contributed by atoms with Crippen molar-refractivity contribution in [3.05, 3.63) is 41.0 Å². The Labute approximate surface area is 158 Å². The fraction of sp³-hybridized carbons (Fsp3) is 0.389. The molecule has 1 aromatic carbocycles. The Kier molecular flexibility index (Phi) is 8.80. The minimum absolute atomic E-state index is 0.0629. The lowest BCUT2D eigenvalue weighted by atomic mass is 9.98. The molecule has 27 heavy (non-hydrogen) atoms. The fourth-order valence-corrected chi connectivity index (χ4v) is 2.25. The van der Waals surface area contributed by atoms with Gasteiger partial charge in [0.1, 0.15) is 14.2 Å². The average Bonchev–Trinajstić information content (AvgIpc) is 2.66. The summed E-state index contributed by atoms with van der Waals surface area (Å²) in [6.45, 7) is 5.42. The van der Waals surface area contributed by atoms with Crippen molar-refractivity contribution in [1.82, 2.24) is 5.32 Å². The molecule has 9 nitrogen and oxygen atoms in total. The van der Waals surface area contributed by atoms with E-state index in [2.05, 4.69) is 15.6 Å². The molecule has 1 rings (SSSR count). The topological polar surface area (TPSA) is 117 Å². The van der Waals surface area contributed by atoms with E-state index in [1.54, 1.807) is 31.2 Å². The molecule has 0 unspecified atom stereocenters. The second kappa shape index (κ2) is 10.8. The molecule has 0 fully saturated rings. The third-order valence-electron chi connectivity index (χ3n) is 3.35. The molecule has 1 aromatic rings. The molecule has 0 saturated heterocycles. The van der Waals surface area contributed by atoms with Crippen molar-refractivity contribution in [2.45, 2.75) is 26.9 Å². The number of hydrogen-bond donors (Lipinski definition) is 2. The van der Waals surface area contributed by atoms with Crippen LogP contribution in [0.3, 0.4) is 0 Å². The lowest BCUT2D eigenvalue weighted by molar-refractivity contribution is -0.114. The van der Waals surface area contributed by atoms with Gasteiger partial charge in [0.2, 0.25) is 0 Å². The zero-order valence-corrected chi connectivity index (χ0v) is 16.4. The van der Waals surface area contributed by atoms with Gasteiger partial charge >= 0.3 is 0 Å². The van der Waals surface area contributed by atoms with Gasteiger partial charge in [-0.15, -0.1) is 0 Å². The highest BCUT2D eigenvalue weighted by atomic mass is 16.6. The van der Waals surface area contributed by atoms with E-state index in [-0.39, 0.29) is 23.5 Å². The number of nitrogens with zero attached hydrogens (tertiary/aromatic N) is 2. The van der Waals surface area contributed by atoms with Crippen LogP contribution in [0.4, 0.5) is 0 Å². The smallest absolute Gasteiger partial charge is 0.273 e. The van der Waals surface area contributed by atoms with Crippen LogP contribution in [0.5, 0.6) is 0 Å². The number of rotatable bonds is 8. The van der Waals surface area contributed by atoms with Gasteiger partial charge in [-0.1, -0.05) is 29.4 Å². The predicted octanol–water partition coefficient (Wildman–Crippen LogP) is 1.79.